The lowest BCUT2D eigenvalue weighted by atomic mass is 10.0. The number of piperidine rings is 1. The van der Waals surface area contributed by atoms with Crippen molar-refractivity contribution in [3.8, 4) is 0 Å². The monoisotopic (exact) mass is 313 g/mol. The number of nitro groups is 1. The van der Waals surface area contributed by atoms with Crippen molar-refractivity contribution in [1.29, 1.82) is 0 Å². The summed E-state index contributed by atoms with van der Waals surface area (Å²) < 4.78 is 26.4. The molecule has 116 valence electrons. The molecule has 2 atom stereocenters. The number of rotatable bonds is 4. The van der Waals surface area contributed by atoms with E-state index in [1.54, 1.807) is 0 Å². The first-order valence-corrected chi connectivity index (χ1v) is 8.39. The second-order valence-corrected chi connectivity index (χ2v) is 7.35. The van der Waals surface area contributed by atoms with Crippen molar-refractivity contribution in [2.24, 2.45) is 5.73 Å². The summed E-state index contributed by atoms with van der Waals surface area (Å²) in [5.74, 6) is -0.148. The van der Waals surface area contributed by atoms with Gasteiger partial charge in [0.25, 0.3) is 5.69 Å². The van der Waals surface area contributed by atoms with Crippen LogP contribution in [0.15, 0.2) is 24.3 Å². The van der Waals surface area contributed by atoms with Gasteiger partial charge in [-0.1, -0.05) is 12.1 Å². The molecular formula is C13H19N3O4S. The number of nitrogens with two attached hydrogens (primary N) is 1. The Morgan fingerprint density at radius 1 is 1.38 bits per heavy atom. The molecule has 2 N–H and O–H groups in total. The number of hydrogen-bond acceptors (Lipinski definition) is 5. The highest BCUT2D eigenvalue weighted by molar-refractivity contribution is 7.88. The molecule has 2 rings (SSSR count). The summed E-state index contributed by atoms with van der Waals surface area (Å²) in [4.78, 5) is 10.1. The zero-order chi connectivity index (χ0) is 15.6. The topological polar surface area (TPSA) is 107 Å². The molecule has 0 radical (unpaired) electrons. The average molecular weight is 313 g/mol. The zero-order valence-corrected chi connectivity index (χ0v) is 12.6. The molecule has 1 fully saturated rings. The Balaban J connectivity index is 2.12. The largest absolute Gasteiger partial charge is 0.328 e. The molecule has 0 amide bonds. The first-order valence-electron chi connectivity index (χ1n) is 6.78. The van der Waals surface area contributed by atoms with Crippen molar-refractivity contribution in [2.75, 3.05) is 6.54 Å². The predicted octanol–water partition coefficient (Wildman–Crippen LogP) is 1.24. The average Bonchev–Trinajstić information content (AvgIpc) is 2.38. The van der Waals surface area contributed by atoms with Crippen LogP contribution in [0.25, 0.3) is 0 Å². The summed E-state index contributed by atoms with van der Waals surface area (Å²) in [7, 11) is -3.43. The van der Waals surface area contributed by atoms with Crippen LogP contribution in [0.3, 0.4) is 0 Å². The number of hydrogen-bond donors (Lipinski definition) is 1. The van der Waals surface area contributed by atoms with Gasteiger partial charge >= 0.3 is 0 Å². The summed E-state index contributed by atoms with van der Waals surface area (Å²) >= 11 is 0. The van der Waals surface area contributed by atoms with E-state index in [1.807, 2.05) is 6.92 Å². The summed E-state index contributed by atoms with van der Waals surface area (Å²) in [6.45, 7) is 2.28. The van der Waals surface area contributed by atoms with E-state index in [-0.39, 0.29) is 23.5 Å². The quantitative estimate of drug-likeness (QED) is 0.664. The minimum atomic E-state index is -3.43. The van der Waals surface area contributed by atoms with Crippen LogP contribution in [0.1, 0.15) is 25.3 Å². The van der Waals surface area contributed by atoms with Gasteiger partial charge < -0.3 is 5.73 Å². The third kappa shape index (κ3) is 3.78. The normalized spacial score (nSPS) is 23.9. The number of non-ortho nitro benzene ring substituents is 1. The van der Waals surface area contributed by atoms with E-state index >= 15 is 0 Å². The minimum Gasteiger partial charge on any atom is -0.328 e. The molecule has 21 heavy (non-hydrogen) atoms. The molecule has 2 unspecified atom stereocenters. The van der Waals surface area contributed by atoms with E-state index in [9.17, 15) is 18.5 Å². The highest BCUT2D eigenvalue weighted by atomic mass is 32.2. The van der Waals surface area contributed by atoms with Crippen LogP contribution in [0.4, 0.5) is 5.69 Å². The highest BCUT2D eigenvalue weighted by Gasteiger charge is 2.32. The lowest BCUT2D eigenvalue weighted by Crippen LogP contribution is -2.48. The molecule has 1 saturated heterocycles. The van der Waals surface area contributed by atoms with Gasteiger partial charge in [0.1, 0.15) is 0 Å². The van der Waals surface area contributed by atoms with Gasteiger partial charge in [-0.2, -0.15) is 4.31 Å². The second-order valence-electron chi connectivity index (χ2n) is 5.42. The van der Waals surface area contributed by atoms with E-state index in [1.165, 1.54) is 28.6 Å². The van der Waals surface area contributed by atoms with Crippen LogP contribution in [-0.2, 0) is 15.8 Å². The molecule has 1 aromatic carbocycles. The van der Waals surface area contributed by atoms with Gasteiger partial charge in [-0.3, -0.25) is 10.1 Å². The van der Waals surface area contributed by atoms with Gasteiger partial charge in [0.2, 0.25) is 10.0 Å². The molecule has 0 bridgehead atoms. The van der Waals surface area contributed by atoms with Crippen molar-refractivity contribution in [3.05, 3.63) is 39.9 Å². The fourth-order valence-corrected chi connectivity index (χ4v) is 4.41. The number of nitro benzene ring substituents is 1. The summed E-state index contributed by atoms with van der Waals surface area (Å²) in [5.41, 5.74) is 6.34. The van der Waals surface area contributed by atoms with Crippen LogP contribution in [-0.4, -0.2) is 36.3 Å². The van der Waals surface area contributed by atoms with Crippen LogP contribution in [0, 0.1) is 10.1 Å². The summed E-state index contributed by atoms with van der Waals surface area (Å²) in [6.07, 6.45) is 1.31. The molecular weight excluding hydrogens is 294 g/mol. The van der Waals surface area contributed by atoms with Gasteiger partial charge in [0.05, 0.1) is 10.7 Å². The molecule has 1 aliphatic rings. The van der Waals surface area contributed by atoms with Gasteiger partial charge in [0, 0.05) is 30.8 Å². The van der Waals surface area contributed by atoms with Crippen molar-refractivity contribution in [2.45, 2.75) is 37.6 Å². The summed E-state index contributed by atoms with van der Waals surface area (Å²) in [6, 6.07) is 5.54. The predicted molar refractivity (Wildman–Crippen MR) is 79.1 cm³/mol. The van der Waals surface area contributed by atoms with Crippen molar-refractivity contribution in [1.82, 2.24) is 4.31 Å². The van der Waals surface area contributed by atoms with Crippen LogP contribution >= 0.6 is 0 Å². The first-order chi connectivity index (χ1) is 9.79. The van der Waals surface area contributed by atoms with E-state index in [2.05, 4.69) is 0 Å². The summed E-state index contributed by atoms with van der Waals surface area (Å²) in [5, 5.41) is 10.6. The van der Waals surface area contributed by atoms with Crippen LogP contribution in [0.5, 0.6) is 0 Å². The third-order valence-corrected chi connectivity index (χ3v) is 5.66. The van der Waals surface area contributed by atoms with E-state index < -0.39 is 14.9 Å². The standard InChI is InChI=1S/C13H19N3O4S/c1-10-8-12(14)6-7-15(10)21(19,20)9-11-2-4-13(5-3-11)16(17)18/h2-5,10,12H,6-9,14H2,1H3. The van der Waals surface area contributed by atoms with Crippen molar-refractivity contribution in [3.63, 3.8) is 0 Å². The fraction of sp³-hybridized carbons (Fsp3) is 0.538. The van der Waals surface area contributed by atoms with Gasteiger partial charge in [-0.15, -0.1) is 0 Å². The first kappa shape index (κ1) is 15.9. The van der Waals surface area contributed by atoms with Crippen LogP contribution < -0.4 is 5.73 Å². The molecule has 1 heterocycles. The zero-order valence-electron chi connectivity index (χ0n) is 11.8. The van der Waals surface area contributed by atoms with Crippen molar-refractivity contribution < 1.29 is 13.3 Å². The lowest BCUT2D eigenvalue weighted by Gasteiger charge is -2.35. The van der Waals surface area contributed by atoms with Gasteiger partial charge in [0.15, 0.2) is 0 Å². The molecule has 8 heteroatoms. The van der Waals surface area contributed by atoms with Gasteiger partial charge in [-0.25, -0.2) is 8.42 Å². The maximum atomic E-state index is 12.4. The second kappa shape index (κ2) is 6.08. The fourth-order valence-electron chi connectivity index (χ4n) is 2.61. The molecule has 0 aromatic heterocycles. The lowest BCUT2D eigenvalue weighted by molar-refractivity contribution is -0.384. The SMILES string of the molecule is CC1CC(N)CCN1S(=O)(=O)Cc1ccc([N+](=O)[O-])cc1. The van der Waals surface area contributed by atoms with Gasteiger partial charge in [-0.05, 0) is 25.3 Å². The number of benzene rings is 1. The smallest absolute Gasteiger partial charge is 0.269 e. The van der Waals surface area contributed by atoms with E-state index in [0.717, 1.165) is 0 Å². The van der Waals surface area contributed by atoms with Crippen LogP contribution in [0.2, 0.25) is 0 Å². The maximum absolute atomic E-state index is 12.4. The maximum Gasteiger partial charge on any atom is 0.269 e. The number of sulfonamides is 1. The van der Waals surface area contributed by atoms with Crippen molar-refractivity contribution >= 4 is 15.7 Å². The Kier molecular flexibility index (Phi) is 4.60. The third-order valence-electron chi connectivity index (χ3n) is 3.71. The Labute approximate surface area is 123 Å². The highest BCUT2D eigenvalue weighted by Crippen LogP contribution is 2.22. The Morgan fingerprint density at radius 2 is 2.00 bits per heavy atom. The molecule has 1 aliphatic heterocycles. The Bertz CT molecular complexity index is 615. The van der Waals surface area contributed by atoms with E-state index in [4.69, 9.17) is 5.73 Å². The Hall–Kier alpha value is -1.51. The van der Waals surface area contributed by atoms with E-state index in [0.29, 0.717) is 24.9 Å². The molecule has 0 spiro atoms. The molecule has 0 saturated carbocycles. The molecule has 0 aliphatic carbocycles. The minimum absolute atomic E-state index is 0.0471. The number of nitrogens with zero attached hydrogens (tertiary/aromatic N) is 2. The Morgan fingerprint density at radius 3 is 2.52 bits per heavy atom. The molecule has 7 nitrogen and oxygen atoms in total. The molecule has 1 aromatic rings.